The Morgan fingerprint density at radius 2 is 1.88 bits per heavy atom. The molecule has 8 nitrogen and oxygen atoms in total. The van der Waals surface area contributed by atoms with Crippen LogP contribution < -0.4 is 5.69 Å². The first kappa shape index (κ1) is 26.9. The van der Waals surface area contributed by atoms with Gasteiger partial charge in [-0.1, -0.05) is 44.2 Å². The molecule has 6 heterocycles. The molecule has 3 aliphatic heterocycles. The first-order valence-electron chi connectivity index (χ1n) is 14.2. The lowest BCUT2D eigenvalue weighted by Crippen LogP contribution is -2.83. The van der Waals surface area contributed by atoms with Crippen molar-refractivity contribution in [3.05, 3.63) is 93.5 Å². The topological polar surface area (TPSA) is 84.2 Å². The largest absolute Gasteiger partial charge is 0.354 e. The molecule has 0 spiro atoms. The van der Waals surface area contributed by atoms with E-state index >= 15 is 4.39 Å². The lowest BCUT2D eigenvalue weighted by Gasteiger charge is -2.73. The second kappa shape index (κ2) is 9.54. The van der Waals surface area contributed by atoms with Gasteiger partial charge < -0.3 is 4.90 Å². The van der Waals surface area contributed by atoms with Crippen LogP contribution in [-0.2, 0) is 10.3 Å². The second-order valence-electron chi connectivity index (χ2n) is 11.9. The number of hydrogen-bond acceptors (Lipinski definition) is 6. The highest BCUT2D eigenvalue weighted by Crippen LogP contribution is 2.60. The Hall–Kier alpha value is -3.95. The van der Waals surface area contributed by atoms with E-state index in [1.54, 1.807) is 30.5 Å². The monoisotopic (exact) mass is 584 g/mol. The molecule has 0 aliphatic carbocycles. The van der Waals surface area contributed by atoms with Crippen molar-refractivity contribution in [2.24, 2.45) is 0 Å². The third-order valence-electron chi connectivity index (χ3n) is 9.09. The number of fused-ring (bicyclic) bond motifs is 1. The van der Waals surface area contributed by atoms with E-state index in [9.17, 15) is 9.59 Å². The molecule has 3 aromatic heterocycles. The minimum atomic E-state index is -0.466. The van der Waals surface area contributed by atoms with Gasteiger partial charge in [0.1, 0.15) is 5.82 Å². The van der Waals surface area contributed by atoms with E-state index in [-0.39, 0.29) is 40.2 Å². The number of carbonyl (C=O) groups excluding carboxylic acids is 1. The molecule has 3 aliphatic rings. The number of benzene rings is 1. The van der Waals surface area contributed by atoms with Crippen LogP contribution in [0.4, 0.5) is 4.39 Å². The first-order valence-corrected chi connectivity index (χ1v) is 14.6. The van der Waals surface area contributed by atoms with Gasteiger partial charge in [0.25, 0.3) is 0 Å². The Bertz CT molecular complexity index is 1850. The maximum absolute atomic E-state index is 15.0. The van der Waals surface area contributed by atoms with Crippen molar-refractivity contribution in [1.82, 2.24) is 29.3 Å². The van der Waals surface area contributed by atoms with Crippen molar-refractivity contribution in [1.29, 1.82) is 0 Å². The molecule has 2 atom stereocenters. The number of amides is 1. The van der Waals surface area contributed by atoms with Crippen molar-refractivity contribution >= 4 is 28.5 Å². The Morgan fingerprint density at radius 3 is 2.55 bits per heavy atom. The number of carbonyl (C=O) groups is 1. The summed E-state index contributed by atoms with van der Waals surface area (Å²) in [4.78, 5) is 45.0. The molecule has 7 rings (SSSR count). The molecule has 3 saturated heterocycles. The number of piperidine rings is 1. The number of piperazine rings is 1. The average Bonchev–Trinajstić information content (AvgIpc) is 2.93. The summed E-state index contributed by atoms with van der Waals surface area (Å²) in [6.45, 7) is 10.8. The van der Waals surface area contributed by atoms with Crippen LogP contribution in [-0.4, -0.2) is 60.4 Å². The van der Waals surface area contributed by atoms with Gasteiger partial charge in [0.15, 0.2) is 5.65 Å². The van der Waals surface area contributed by atoms with E-state index in [2.05, 4.69) is 16.5 Å². The molecular weight excluding hydrogens is 555 g/mol. The van der Waals surface area contributed by atoms with Crippen LogP contribution in [0.1, 0.15) is 49.6 Å². The maximum atomic E-state index is 15.0. The Kier molecular flexibility index (Phi) is 6.11. The summed E-state index contributed by atoms with van der Waals surface area (Å²) in [5, 5.41) is 0.927. The Balaban J connectivity index is 1.46. The van der Waals surface area contributed by atoms with Crippen molar-refractivity contribution < 1.29 is 9.18 Å². The summed E-state index contributed by atoms with van der Waals surface area (Å²) >= 11 is 6.84. The number of aromatic nitrogens is 4. The van der Waals surface area contributed by atoms with Gasteiger partial charge in [0.05, 0.1) is 33.3 Å². The van der Waals surface area contributed by atoms with E-state index in [1.165, 1.54) is 16.7 Å². The smallest absolute Gasteiger partial charge is 0.336 e. The van der Waals surface area contributed by atoms with Crippen molar-refractivity contribution in [3.8, 4) is 16.9 Å². The summed E-state index contributed by atoms with van der Waals surface area (Å²) in [7, 11) is 0. The standard InChI is InChI=1S/C32H30ClFN6O2/c1-5-25(41)38-15-19-13-32(14-20(16-38)40(19)32)29-22-12-23(33)27(21-8-6-7-9-24(21)34)36-30(22)39(31(42)37-29)28-18(4)10-11-35-26(28)17(2)3/h5-12,17,19-20H,1,13-16H2,2-4H3. The van der Waals surface area contributed by atoms with Crippen LogP contribution in [0, 0.1) is 12.7 Å². The molecule has 0 N–H and O–H groups in total. The van der Waals surface area contributed by atoms with Gasteiger partial charge in [-0.2, -0.15) is 4.98 Å². The number of likely N-dealkylation sites (tertiary alicyclic amines) is 1. The summed E-state index contributed by atoms with van der Waals surface area (Å²) < 4.78 is 16.5. The molecule has 10 heteroatoms. The van der Waals surface area contributed by atoms with Crippen molar-refractivity contribution in [2.75, 3.05) is 13.1 Å². The highest BCUT2D eigenvalue weighted by Gasteiger charge is 2.67. The van der Waals surface area contributed by atoms with Gasteiger partial charge in [0, 0.05) is 42.3 Å². The molecule has 0 bridgehead atoms. The summed E-state index contributed by atoms with van der Waals surface area (Å²) in [6.07, 6.45) is 4.61. The molecule has 1 amide bonds. The van der Waals surface area contributed by atoms with E-state index in [0.717, 1.165) is 24.1 Å². The summed E-state index contributed by atoms with van der Waals surface area (Å²) in [5.74, 6) is -0.494. The molecule has 0 radical (unpaired) electrons. The van der Waals surface area contributed by atoms with Crippen LogP contribution in [0.25, 0.3) is 28.0 Å². The van der Waals surface area contributed by atoms with Gasteiger partial charge in [0.2, 0.25) is 5.91 Å². The molecule has 0 saturated carbocycles. The predicted octanol–water partition coefficient (Wildman–Crippen LogP) is 5.14. The number of hydrogen-bond donors (Lipinski definition) is 0. The molecule has 42 heavy (non-hydrogen) atoms. The third-order valence-corrected chi connectivity index (χ3v) is 9.38. The number of nitrogens with zero attached hydrogens (tertiary/aromatic N) is 6. The Labute approximate surface area is 247 Å². The van der Waals surface area contributed by atoms with Gasteiger partial charge in [-0.15, -0.1) is 0 Å². The van der Waals surface area contributed by atoms with Gasteiger partial charge in [-0.3, -0.25) is 14.7 Å². The zero-order valence-corrected chi connectivity index (χ0v) is 24.4. The maximum Gasteiger partial charge on any atom is 0.354 e. The second-order valence-corrected chi connectivity index (χ2v) is 12.3. The lowest BCUT2D eigenvalue weighted by atomic mass is 9.60. The molecular formula is C32H30ClFN6O2. The molecule has 1 aromatic carbocycles. The number of pyridine rings is 2. The minimum Gasteiger partial charge on any atom is -0.336 e. The fourth-order valence-corrected chi connectivity index (χ4v) is 7.61. The molecule has 4 aromatic rings. The van der Waals surface area contributed by atoms with Gasteiger partial charge in [-0.05, 0) is 61.6 Å². The molecule has 214 valence electrons. The van der Waals surface area contributed by atoms with Crippen LogP contribution in [0.2, 0.25) is 5.02 Å². The van der Waals surface area contributed by atoms with Gasteiger partial charge >= 0.3 is 5.69 Å². The van der Waals surface area contributed by atoms with Crippen molar-refractivity contribution in [3.63, 3.8) is 0 Å². The fraction of sp³-hybridized carbons (Fsp3) is 0.344. The van der Waals surface area contributed by atoms with E-state index in [0.29, 0.717) is 35.5 Å². The predicted molar refractivity (Wildman–Crippen MR) is 159 cm³/mol. The Morgan fingerprint density at radius 1 is 1.17 bits per heavy atom. The van der Waals surface area contributed by atoms with E-state index < -0.39 is 17.0 Å². The van der Waals surface area contributed by atoms with Crippen LogP contribution >= 0.6 is 11.6 Å². The number of aryl methyl sites for hydroxylation is 1. The molecule has 3 fully saturated rings. The third kappa shape index (κ3) is 3.72. The zero-order chi connectivity index (χ0) is 29.5. The normalized spacial score (nSPS) is 23.0. The van der Waals surface area contributed by atoms with E-state index in [4.69, 9.17) is 21.6 Å². The van der Waals surface area contributed by atoms with Crippen molar-refractivity contribution in [2.45, 2.75) is 57.2 Å². The highest BCUT2D eigenvalue weighted by molar-refractivity contribution is 6.33. The zero-order valence-electron chi connectivity index (χ0n) is 23.6. The summed E-state index contributed by atoms with van der Waals surface area (Å²) in [5.41, 5.74) is 2.83. The number of halogens is 2. The SMILES string of the molecule is C=CC(=O)N1CC2CC3(c4nc(=O)n(-c5c(C)ccnc5C(C)C)c5nc(-c6ccccc6F)c(Cl)cc45)CC(C1)N23. The number of rotatable bonds is 5. The fourth-order valence-electron chi connectivity index (χ4n) is 7.36. The highest BCUT2D eigenvalue weighted by atomic mass is 35.5. The van der Waals surface area contributed by atoms with Crippen LogP contribution in [0.15, 0.2) is 60.0 Å². The van der Waals surface area contributed by atoms with Crippen LogP contribution in [0.5, 0.6) is 0 Å². The van der Waals surface area contributed by atoms with Crippen LogP contribution in [0.3, 0.4) is 0 Å². The average molecular weight is 585 g/mol. The van der Waals surface area contributed by atoms with E-state index in [1.807, 2.05) is 31.7 Å². The lowest BCUT2D eigenvalue weighted by molar-refractivity contribution is -0.238. The molecule has 2 unspecified atom stereocenters. The quantitative estimate of drug-likeness (QED) is 0.302. The van der Waals surface area contributed by atoms with Gasteiger partial charge in [-0.25, -0.2) is 18.7 Å². The summed E-state index contributed by atoms with van der Waals surface area (Å²) in [6, 6.07) is 10.3. The first-order chi connectivity index (χ1) is 20.1. The minimum absolute atomic E-state index is 0.0211.